The number of hydrogen-bond acceptors (Lipinski definition) is 0. The van der Waals surface area contributed by atoms with Crippen molar-refractivity contribution in [2.45, 2.75) is 0 Å². The fourth-order valence-corrected chi connectivity index (χ4v) is 0. The molecule has 0 atom stereocenters. The standard InChI is InChI=1S/Co.Fe.Ni.Rh. The second-order valence-electron chi connectivity index (χ2n) is 0. The summed E-state index contributed by atoms with van der Waals surface area (Å²) < 4.78 is 0. The Morgan fingerprint density at radius 2 is 1.00 bits per heavy atom. The van der Waals surface area contributed by atoms with Gasteiger partial charge in [-0.25, -0.2) is 0 Å². The van der Waals surface area contributed by atoms with Gasteiger partial charge < -0.3 is 0 Å². The van der Waals surface area contributed by atoms with E-state index in [9.17, 15) is 0 Å². The van der Waals surface area contributed by atoms with Crippen LogP contribution in [0.3, 0.4) is 0 Å². The van der Waals surface area contributed by atoms with Crippen molar-refractivity contribution in [3.8, 4) is 0 Å². The molecule has 0 heterocycles. The number of rotatable bonds is 0. The van der Waals surface area contributed by atoms with Crippen LogP contribution in [-0.2, 0) is 69.8 Å². The maximum atomic E-state index is 0. The predicted molar refractivity (Wildman–Crippen MR) is 0 cm³/mol. The van der Waals surface area contributed by atoms with Gasteiger partial charge in [-0.3, -0.25) is 0 Å². The van der Waals surface area contributed by atoms with Crippen molar-refractivity contribution in [2.75, 3.05) is 0 Å². The van der Waals surface area contributed by atoms with Crippen LogP contribution in [0.1, 0.15) is 0 Å². The molecule has 0 aromatic heterocycles. The summed E-state index contributed by atoms with van der Waals surface area (Å²) in [5.74, 6) is 0. The molecule has 0 fully saturated rings. The summed E-state index contributed by atoms with van der Waals surface area (Å²) in [7, 11) is 0. The van der Waals surface area contributed by atoms with E-state index in [-0.39, 0.29) is 69.8 Å². The minimum atomic E-state index is 0. The molecule has 0 aliphatic rings. The zero-order chi connectivity index (χ0) is 0. The second kappa shape index (κ2) is 19.2. The Labute approximate surface area is 69.2 Å². The van der Waals surface area contributed by atoms with E-state index in [2.05, 4.69) is 0 Å². The first kappa shape index (κ1) is 35.4. The average molecular weight is 276 g/mol. The van der Waals surface area contributed by atoms with Crippen LogP contribution < -0.4 is 0 Å². The summed E-state index contributed by atoms with van der Waals surface area (Å²) in [4.78, 5) is 0. The molecule has 0 spiro atoms. The predicted octanol–water partition coefficient (Wildman–Crippen LogP) is -0.0100. The first-order chi connectivity index (χ1) is 0. The molecule has 0 aromatic rings. The molecule has 0 N–H and O–H groups in total. The van der Waals surface area contributed by atoms with Crippen LogP contribution in [0, 0.1) is 0 Å². The Kier molecular flexibility index (Phi) is 170. The van der Waals surface area contributed by atoms with Crippen LogP contribution in [0.5, 0.6) is 0 Å². The van der Waals surface area contributed by atoms with Crippen LogP contribution >= 0.6 is 0 Å². The quantitative estimate of drug-likeness (QED) is 0.546. The van der Waals surface area contributed by atoms with E-state index in [1.807, 2.05) is 0 Å². The average Bonchev–Trinajstić information content (AvgIpc) is 0. The fourth-order valence-electron chi connectivity index (χ4n) is 0. The molecule has 0 nitrogen and oxygen atoms in total. The molecule has 0 saturated heterocycles. The van der Waals surface area contributed by atoms with Gasteiger partial charge in [0.15, 0.2) is 0 Å². The monoisotopic (exact) mass is 276 g/mol. The molecule has 0 aliphatic heterocycles. The Morgan fingerprint density at radius 1 is 1.00 bits per heavy atom. The van der Waals surface area contributed by atoms with Gasteiger partial charge in [0.1, 0.15) is 0 Å². The summed E-state index contributed by atoms with van der Waals surface area (Å²) in [6.45, 7) is 0. The minimum Gasteiger partial charge on any atom is 0 e. The van der Waals surface area contributed by atoms with Crippen molar-refractivity contribution in [1.29, 1.82) is 0 Å². The van der Waals surface area contributed by atoms with Gasteiger partial charge in [-0.05, 0) is 0 Å². The van der Waals surface area contributed by atoms with E-state index >= 15 is 0 Å². The van der Waals surface area contributed by atoms with Crippen LogP contribution in [0.2, 0.25) is 0 Å². The van der Waals surface area contributed by atoms with Gasteiger partial charge in [0.05, 0.1) is 0 Å². The molecular weight excluding hydrogens is 276 g/mol. The van der Waals surface area contributed by atoms with Gasteiger partial charge >= 0.3 is 0 Å². The summed E-state index contributed by atoms with van der Waals surface area (Å²) in [6, 6.07) is 0. The molecule has 0 aromatic carbocycles. The molecule has 4 heavy (non-hydrogen) atoms. The Hall–Kier alpha value is 2.14. The Morgan fingerprint density at radius 3 is 1.00 bits per heavy atom. The van der Waals surface area contributed by atoms with Crippen LogP contribution in [0.15, 0.2) is 0 Å². The van der Waals surface area contributed by atoms with Crippen molar-refractivity contribution >= 4 is 0 Å². The molecule has 0 rings (SSSR count). The molecule has 0 saturated carbocycles. The molecule has 0 aliphatic carbocycles. The maximum Gasteiger partial charge on any atom is 0 e. The molecule has 0 amide bonds. The van der Waals surface area contributed by atoms with Crippen molar-refractivity contribution in [3.63, 3.8) is 0 Å². The second-order valence-corrected chi connectivity index (χ2v) is 0. The third-order valence-electron chi connectivity index (χ3n) is 0. The van der Waals surface area contributed by atoms with Gasteiger partial charge in [0.25, 0.3) is 0 Å². The van der Waals surface area contributed by atoms with Crippen molar-refractivity contribution < 1.29 is 69.8 Å². The van der Waals surface area contributed by atoms with E-state index in [1.54, 1.807) is 0 Å². The van der Waals surface area contributed by atoms with E-state index in [1.165, 1.54) is 0 Å². The normalized spacial score (nSPS) is 0. The Balaban J connectivity index is 0. The molecular formula is CoFeNiRh. The summed E-state index contributed by atoms with van der Waals surface area (Å²) >= 11 is 0. The zero-order valence-corrected chi connectivity index (χ0v) is 6.11. The fraction of sp³-hybridized carbons (Fsp3) is 0. The van der Waals surface area contributed by atoms with Gasteiger partial charge in [0, 0.05) is 69.8 Å². The molecule has 2 radical (unpaired) electrons. The summed E-state index contributed by atoms with van der Waals surface area (Å²) in [6.07, 6.45) is 0. The third kappa shape index (κ3) is 8.91. The molecule has 0 bridgehead atoms. The third-order valence-corrected chi connectivity index (χ3v) is 0. The first-order valence-corrected chi connectivity index (χ1v) is 0. The van der Waals surface area contributed by atoms with Gasteiger partial charge in [-0.1, -0.05) is 0 Å². The van der Waals surface area contributed by atoms with E-state index < -0.39 is 0 Å². The van der Waals surface area contributed by atoms with Crippen molar-refractivity contribution in [1.82, 2.24) is 0 Å². The van der Waals surface area contributed by atoms with Crippen LogP contribution in [0.25, 0.3) is 0 Å². The van der Waals surface area contributed by atoms with Gasteiger partial charge in [0.2, 0.25) is 0 Å². The molecule has 36 valence electrons. The van der Waals surface area contributed by atoms with Gasteiger partial charge in [-0.15, -0.1) is 0 Å². The largest absolute Gasteiger partial charge is 0 e. The smallest absolute Gasteiger partial charge is 0 e. The van der Waals surface area contributed by atoms with Crippen LogP contribution in [0.4, 0.5) is 0 Å². The van der Waals surface area contributed by atoms with Gasteiger partial charge in [-0.2, -0.15) is 0 Å². The van der Waals surface area contributed by atoms with E-state index in [0.29, 0.717) is 0 Å². The van der Waals surface area contributed by atoms with E-state index in [0.717, 1.165) is 0 Å². The maximum absolute atomic E-state index is 0. The SMILES string of the molecule is [Co].[Fe].[Ni].[Rh]. The molecule has 0 unspecified atom stereocenters. The minimum absolute atomic E-state index is 0. The van der Waals surface area contributed by atoms with Crippen molar-refractivity contribution in [3.05, 3.63) is 0 Å². The van der Waals surface area contributed by atoms with Crippen molar-refractivity contribution in [2.24, 2.45) is 0 Å². The van der Waals surface area contributed by atoms with E-state index in [4.69, 9.17) is 0 Å². The zero-order valence-electron chi connectivity index (χ0n) is 1.34. The number of hydrogen-bond donors (Lipinski definition) is 0. The van der Waals surface area contributed by atoms with Crippen LogP contribution in [-0.4, -0.2) is 0 Å². The topological polar surface area (TPSA) is 0 Å². The molecule has 4 heteroatoms. The Bertz CT molecular complexity index is 8.00. The summed E-state index contributed by atoms with van der Waals surface area (Å²) in [5, 5.41) is 0. The first-order valence-electron chi connectivity index (χ1n) is 0. The summed E-state index contributed by atoms with van der Waals surface area (Å²) in [5.41, 5.74) is 0.